The van der Waals surface area contributed by atoms with E-state index in [2.05, 4.69) is 9.97 Å². The fraction of sp³-hybridized carbons (Fsp3) is 0.167. The van der Waals surface area contributed by atoms with Crippen LogP contribution in [0.5, 0.6) is 0 Å². The molecule has 0 unspecified atom stereocenters. The van der Waals surface area contributed by atoms with Crippen molar-refractivity contribution in [3.05, 3.63) is 41.1 Å². The van der Waals surface area contributed by atoms with Gasteiger partial charge in [0, 0.05) is 12.2 Å². The number of aromatic nitrogens is 2. The maximum absolute atomic E-state index is 13.3. The van der Waals surface area contributed by atoms with Crippen molar-refractivity contribution in [2.24, 2.45) is 0 Å². The van der Waals surface area contributed by atoms with Crippen LogP contribution in [-0.2, 0) is 6.42 Å². The molecule has 2 N–H and O–H groups in total. The maximum atomic E-state index is 13.3. The fourth-order valence-electron chi connectivity index (χ4n) is 2.15. The molecule has 0 radical (unpaired) electrons. The molecule has 1 aromatic heterocycles. The molecule has 92 valence electrons. The van der Waals surface area contributed by atoms with E-state index in [0.717, 1.165) is 17.7 Å². The number of halogens is 2. The molecule has 6 heteroatoms. The smallest absolute Gasteiger partial charge is 0.224 e. The molecular formula is C12H10ClFN4. The van der Waals surface area contributed by atoms with Crippen LogP contribution in [0, 0.1) is 5.82 Å². The van der Waals surface area contributed by atoms with E-state index in [1.807, 2.05) is 4.90 Å². The Labute approximate surface area is 108 Å². The highest BCUT2D eigenvalue weighted by atomic mass is 35.5. The van der Waals surface area contributed by atoms with Gasteiger partial charge < -0.3 is 10.6 Å². The van der Waals surface area contributed by atoms with E-state index in [4.69, 9.17) is 17.3 Å². The first-order chi connectivity index (χ1) is 8.65. The lowest BCUT2D eigenvalue weighted by molar-refractivity contribution is 0.628. The van der Waals surface area contributed by atoms with E-state index < -0.39 is 0 Å². The molecule has 0 atom stereocenters. The topological polar surface area (TPSA) is 55.0 Å². The molecule has 1 aliphatic heterocycles. The molecule has 0 aliphatic carbocycles. The van der Waals surface area contributed by atoms with E-state index in [-0.39, 0.29) is 11.1 Å². The van der Waals surface area contributed by atoms with Crippen LogP contribution in [-0.4, -0.2) is 16.5 Å². The normalized spacial score (nSPS) is 13.8. The maximum Gasteiger partial charge on any atom is 0.224 e. The molecule has 1 aliphatic rings. The Morgan fingerprint density at radius 2 is 2.22 bits per heavy atom. The minimum absolute atomic E-state index is 0.129. The van der Waals surface area contributed by atoms with Gasteiger partial charge in [0.15, 0.2) is 5.82 Å². The number of fused-ring (bicyclic) bond motifs is 1. The summed E-state index contributed by atoms with van der Waals surface area (Å²) in [6.07, 6.45) is 2.29. The Bertz CT molecular complexity index is 617. The average molecular weight is 265 g/mol. The molecular weight excluding hydrogens is 255 g/mol. The third-order valence-electron chi connectivity index (χ3n) is 2.97. The summed E-state index contributed by atoms with van der Waals surface area (Å²) in [6, 6.07) is 4.72. The third-order valence-corrected chi connectivity index (χ3v) is 3.15. The number of nitrogens with two attached hydrogens (primary N) is 1. The molecule has 4 nitrogen and oxygen atoms in total. The molecule has 0 bridgehead atoms. The van der Waals surface area contributed by atoms with Crippen molar-refractivity contribution < 1.29 is 4.39 Å². The first kappa shape index (κ1) is 11.2. The molecule has 2 heterocycles. The highest BCUT2D eigenvalue weighted by Crippen LogP contribution is 2.36. The quantitative estimate of drug-likeness (QED) is 0.804. The average Bonchev–Trinajstić information content (AvgIpc) is 2.75. The molecule has 2 aromatic rings. The summed E-state index contributed by atoms with van der Waals surface area (Å²) in [4.78, 5) is 9.79. The minimum atomic E-state index is -0.278. The van der Waals surface area contributed by atoms with Crippen molar-refractivity contribution in [3.63, 3.8) is 0 Å². The number of nitrogen functional groups attached to an aromatic ring is 1. The van der Waals surface area contributed by atoms with Gasteiger partial charge >= 0.3 is 0 Å². The van der Waals surface area contributed by atoms with Crippen LogP contribution in [0.25, 0.3) is 0 Å². The summed E-state index contributed by atoms with van der Waals surface area (Å²) in [5.74, 6) is 0.249. The van der Waals surface area contributed by atoms with Gasteiger partial charge in [-0.2, -0.15) is 4.98 Å². The largest absolute Gasteiger partial charge is 0.394 e. The van der Waals surface area contributed by atoms with Crippen LogP contribution in [0.2, 0.25) is 5.28 Å². The first-order valence-corrected chi connectivity index (χ1v) is 5.87. The van der Waals surface area contributed by atoms with Gasteiger partial charge in [-0.3, -0.25) is 0 Å². The summed E-state index contributed by atoms with van der Waals surface area (Å²) in [5.41, 5.74) is 8.14. The summed E-state index contributed by atoms with van der Waals surface area (Å²) >= 11 is 5.78. The predicted molar refractivity (Wildman–Crippen MR) is 68.6 cm³/mol. The van der Waals surface area contributed by atoms with Crippen LogP contribution in [0.15, 0.2) is 24.4 Å². The molecule has 0 saturated heterocycles. The second-order valence-corrected chi connectivity index (χ2v) is 4.43. The van der Waals surface area contributed by atoms with E-state index in [9.17, 15) is 4.39 Å². The van der Waals surface area contributed by atoms with Crippen molar-refractivity contribution in [1.29, 1.82) is 0 Å². The number of hydrogen-bond acceptors (Lipinski definition) is 4. The molecule has 1 aromatic carbocycles. The molecule has 0 spiro atoms. The van der Waals surface area contributed by atoms with E-state index in [0.29, 0.717) is 18.1 Å². The van der Waals surface area contributed by atoms with E-state index in [1.54, 1.807) is 6.07 Å². The zero-order valence-electron chi connectivity index (χ0n) is 9.40. The second-order valence-electron chi connectivity index (χ2n) is 4.09. The molecule has 0 amide bonds. The lowest BCUT2D eigenvalue weighted by atomic mass is 10.2. The summed E-state index contributed by atoms with van der Waals surface area (Å²) in [7, 11) is 0. The molecule has 0 saturated carbocycles. The molecule has 3 rings (SSSR count). The Kier molecular flexibility index (Phi) is 2.56. The van der Waals surface area contributed by atoms with Crippen molar-refractivity contribution >= 4 is 28.8 Å². The lowest BCUT2D eigenvalue weighted by Gasteiger charge is -2.19. The number of benzene rings is 1. The fourth-order valence-corrected chi connectivity index (χ4v) is 2.28. The zero-order valence-corrected chi connectivity index (χ0v) is 10.2. The van der Waals surface area contributed by atoms with Gasteiger partial charge in [0.2, 0.25) is 5.28 Å². The Morgan fingerprint density at radius 3 is 3.06 bits per heavy atom. The van der Waals surface area contributed by atoms with Crippen LogP contribution >= 0.6 is 11.6 Å². The molecule has 0 fully saturated rings. The number of anilines is 3. The van der Waals surface area contributed by atoms with Crippen molar-refractivity contribution in [3.8, 4) is 0 Å². The third kappa shape index (κ3) is 1.76. The summed E-state index contributed by atoms with van der Waals surface area (Å²) in [5, 5.41) is 0.129. The number of nitrogens with zero attached hydrogens (tertiary/aromatic N) is 3. The Morgan fingerprint density at radius 1 is 1.39 bits per heavy atom. The van der Waals surface area contributed by atoms with E-state index in [1.165, 1.54) is 18.3 Å². The molecule has 18 heavy (non-hydrogen) atoms. The Balaban J connectivity index is 2.11. The van der Waals surface area contributed by atoms with Gasteiger partial charge in [-0.15, -0.1) is 0 Å². The van der Waals surface area contributed by atoms with Crippen molar-refractivity contribution in [2.45, 2.75) is 6.42 Å². The summed E-state index contributed by atoms with van der Waals surface area (Å²) < 4.78 is 13.3. The van der Waals surface area contributed by atoms with Crippen LogP contribution in [0.4, 0.5) is 21.6 Å². The second kappa shape index (κ2) is 4.10. The lowest BCUT2D eigenvalue weighted by Crippen LogP contribution is -2.17. The van der Waals surface area contributed by atoms with Crippen LogP contribution in [0.1, 0.15) is 5.56 Å². The minimum Gasteiger partial charge on any atom is -0.394 e. The zero-order chi connectivity index (χ0) is 12.7. The monoisotopic (exact) mass is 264 g/mol. The highest BCUT2D eigenvalue weighted by Gasteiger charge is 2.23. The van der Waals surface area contributed by atoms with Crippen molar-refractivity contribution in [1.82, 2.24) is 9.97 Å². The van der Waals surface area contributed by atoms with Crippen LogP contribution < -0.4 is 10.6 Å². The number of rotatable bonds is 1. The predicted octanol–water partition coefficient (Wildman–Crippen LogP) is 2.55. The highest BCUT2D eigenvalue weighted by molar-refractivity contribution is 6.28. The summed E-state index contributed by atoms with van der Waals surface area (Å²) in [6.45, 7) is 0.705. The van der Waals surface area contributed by atoms with Gasteiger partial charge in [0.05, 0.1) is 11.9 Å². The van der Waals surface area contributed by atoms with Crippen molar-refractivity contribution in [2.75, 3.05) is 17.2 Å². The Hall–Kier alpha value is -1.88. The number of hydrogen-bond donors (Lipinski definition) is 1. The van der Waals surface area contributed by atoms with Gasteiger partial charge in [0.25, 0.3) is 0 Å². The SMILES string of the molecule is Nc1cnc(Cl)nc1N1CCc2ccc(F)cc21. The first-order valence-electron chi connectivity index (χ1n) is 5.49. The van der Waals surface area contributed by atoms with Gasteiger partial charge in [-0.05, 0) is 35.7 Å². The van der Waals surface area contributed by atoms with Crippen LogP contribution in [0.3, 0.4) is 0 Å². The van der Waals surface area contributed by atoms with Gasteiger partial charge in [-0.1, -0.05) is 6.07 Å². The van der Waals surface area contributed by atoms with E-state index >= 15 is 0 Å². The van der Waals surface area contributed by atoms with Gasteiger partial charge in [-0.25, -0.2) is 9.37 Å². The van der Waals surface area contributed by atoms with Gasteiger partial charge in [0.1, 0.15) is 5.82 Å². The standard InChI is InChI=1S/C12H10ClFN4/c13-12-16-6-9(15)11(17-12)18-4-3-7-1-2-8(14)5-10(7)18/h1-2,5-6H,3-4,15H2.